The van der Waals surface area contributed by atoms with Crippen molar-refractivity contribution in [2.75, 3.05) is 11.9 Å². The van der Waals surface area contributed by atoms with Gasteiger partial charge < -0.3 is 16.2 Å². The number of amides is 1. The number of benzene rings is 1. The molecule has 0 saturated carbocycles. The summed E-state index contributed by atoms with van der Waals surface area (Å²) in [4.78, 5) is 12.1. The van der Waals surface area contributed by atoms with Crippen LogP contribution >= 0.6 is 0 Å². The number of hydrogen-bond donors (Lipinski definition) is 3. The van der Waals surface area contributed by atoms with Crippen molar-refractivity contribution in [2.45, 2.75) is 47.0 Å². The SMILES string of the molecule is Cc1cc(O)ccc1NC(=O)CCC(CCN)C(C)(C)C. The highest BCUT2D eigenvalue weighted by atomic mass is 16.3. The van der Waals surface area contributed by atoms with E-state index >= 15 is 0 Å². The van der Waals surface area contributed by atoms with Crippen LogP contribution in [0.25, 0.3) is 0 Å². The van der Waals surface area contributed by atoms with Crippen LogP contribution in [0.5, 0.6) is 5.75 Å². The molecule has 0 aliphatic heterocycles. The first-order valence-corrected chi connectivity index (χ1v) is 7.53. The maximum absolute atomic E-state index is 12.1. The van der Waals surface area contributed by atoms with Crippen molar-refractivity contribution >= 4 is 11.6 Å². The summed E-state index contributed by atoms with van der Waals surface area (Å²) in [6, 6.07) is 4.95. The number of phenolic OH excluding ortho intramolecular Hbond substituents is 1. The van der Waals surface area contributed by atoms with Gasteiger partial charge in [0.1, 0.15) is 5.75 Å². The second kappa shape index (κ2) is 7.46. The molecule has 0 saturated heterocycles. The minimum absolute atomic E-state index is 0.00932. The van der Waals surface area contributed by atoms with Crippen LogP contribution in [-0.2, 0) is 4.79 Å². The number of nitrogens with two attached hydrogens (primary N) is 1. The number of nitrogens with one attached hydrogen (secondary N) is 1. The molecule has 118 valence electrons. The quantitative estimate of drug-likeness (QED) is 0.703. The van der Waals surface area contributed by atoms with Crippen molar-refractivity contribution in [1.82, 2.24) is 0 Å². The number of aromatic hydroxyl groups is 1. The number of rotatable bonds is 6. The molecule has 0 aliphatic carbocycles. The van der Waals surface area contributed by atoms with Crippen LogP contribution in [-0.4, -0.2) is 17.6 Å². The Hall–Kier alpha value is -1.55. The summed E-state index contributed by atoms with van der Waals surface area (Å²) in [5, 5.41) is 12.3. The molecule has 21 heavy (non-hydrogen) atoms. The van der Waals surface area contributed by atoms with Crippen molar-refractivity contribution in [2.24, 2.45) is 17.1 Å². The first-order valence-electron chi connectivity index (χ1n) is 7.53. The largest absolute Gasteiger partial charge is 0.508 e. The molecular formula is C17H28N2O2. The molecule has 4 nitrogen and oxygen atoms in total. The van der Waals surface area contributed by atoms with E-state index in [9.17, 15) is 9.90 Å². The molecule has 1 aromatic carbocycles. The summed E-state index contributed by atoms with van der Waals surface area (Å²) in [7, 11) is 0. The van der Waals surface area contributed by atoms with E-state index in [0.29, 0.717) is 18.9 Å². The van der Waals surface area contributed by atoms with Crippen molar-refractivity contribution in [3.05, 3.63) is 23.8 Å². The molecular weight excluding hydrogens is 264 g/mol. The molecule has 0 fully saturated rings. The van der Waals surface area contributed by atoms with E-state index in [1.54, 1.807) is 18.2 Å². The van der Waals surface area contributed by atoms with Crippen molar-refractivity contribution in [1.29, 1.82) is 0 Å². The first-order chi connectivity index (χ1) is 9.74. The second-order valence-corrected chi connectivity index (χ2v) is 6.73. The fraction of sp³-hybridized carbons (Fsp3) is 0.588. The van der Waals surface area contributed by atoms with Gasteiger partial charge in [-0.05, 0) is 61.4 Å². The molecule has 1 unspecified atom stereocenters. The van der Waals surface area contributed by atoms with E-state index in [-0.39, 0.29) is 17.1 Å². The summed E-state index contributed by atoms with van der Waals surface area (Å²) in [5.74, 6) is 0.658. The van der Waals surface area contributed by atoms with Crippen LogP contribution < -0.4 is 11.1 Å². The van der Waals surface area contributed by atoms with Gasteiger partial charge in [-0.15, -0.1) is 0 Å². The Labute approximate surface area is 127 Å². The minimum atomic E-state index is 0.00932. The number of phenols is 1. The molecule has 0 spiro atoms. The standard InChI is InChI=1S/C17H28N2O2/c1-12-11-14(20)6-7-15(12)19-16(21)8-5-13(9-10-18)17(2,3)4/h6-7,11,13,20H,5,8-10,18H2,1-4H3,(H,19,21). The Balaban J connectivity index is 2.57. The summed E-state index contributed by atoms with van der Waals surface area (Å²) in [5.41, 5.74) is 7.44. The maximum Gasteiger partial charge on any atom is 0.224 e. The smallest absolute Gasteiger partial charge is 0.224 e. The van der Waals surface area contributed by atoms with Gasteiger partial charge in [0.25, 0.3) is 0 Å². The molecule has 1 atom stereocenters. The zero-order valence-electron chi connectivity index (χ0n) is 13.6. The third kappa shape index (κ3) is 5.76. The molecule has 0 bridgehead atoms. The van der Waals surface area contributed by atoms with E-state index in [1.807, 2.05) is 6.92 Å². The van der Waals surface area contributed by atoms with Gasteiger partial charge >= 0.3 is 0 Å². The normalized spacial score (nSPS) is 13.0. The van der Waals surface area contributed by atoms with Gasteiger partial charge in [-0.1, -0.05) is 20.8 Å². The number of hydrogen-bond acceptors (Lipinski definition) is 3. The lowest BCUT2D eigenvalue weighted by molar-refractivity contribution is -0.116. The average Bonchev–Trinajstić information content (AvgIpc) is 2.36. The minimum Gasteiger partial charge on any atom is -0.508 e. The summed E-state index contributed by atoms with van der Waals surface area (Å²) < 4.78 is 0. The fourth-order valence-electron chi connectivity index (χ4n) is 2.52. The van der Waals surface area contributed by atoms with Gasteiger partial charge in [0, 0.05) is 12.1 Å². The van der Waals surface area contributed by atoms with Crippen molar-refractivity contribution in [3.8, 4) is 5.75 Å². The van der Waals surface area contributed by atoms with E-state index < -0.39 is 0 Å². The Morgan fingerprint density at radius 3 is 2.52 bits per heavy atom. The van der Waals surface area contributed by atoms with E-state index in [2.05, 4.69) is 26.1 Å². The van der Waals surface area contributed by atoms with Gasteiger partial charge in [0.2, 0.25) is 5.91 Å². The molecule has 4 N–H and O–H groups in total. The summed E-state index contributed by atoms with van der Waals surface area (Å²) in [6.07, 6.45) is 2.26. The van der Waals surface area contributed by atoms with E-state index in [1.165, 1.54) is 0 Å². The van der Waals surface area contributed by atoms with Gasteiger partial charge in [-0.3, -0.25) is 4.79 Å². The second-order valence-electron chi connectivity index (χ2n) is 6.73. The predicted molar refractivity (Wildman–Crippen MR) is 87.3 cm³/mol. The highest BCUT2D eigenvalue weighted by molar-refractivity contribution is 5.91. The lowest BCUT2D eigenvalue weighted by atomic mass is 9.76. The van der Waals surface area contributed by atoms with Crippen LogP contribution in [0.2, 0.25) is 0 Å². The Morgan fingerprint density at radius 1 is 1.33 bits per heavy atom. The Kier molecular flexibility index (Phi) is 6.21. The van der Waals surface area contributed by atoms with Crippen LogP contribution in [0.4, 0.5) is 5.69 Å². The summed E-state index contributed by atoms with van der Waals surface area (Å²) in [6.45, 7) is 9.09. The number of carbonyl (C=O) groups is 1. The molecule has 4 heteroatoms. The van der Waals surface area contributed by atoms with E-state index in [4.69, 9.17) is 5.73 Å². The van der Waals surface area contributed by atoms with Crippen molar-refractivity contribution < 1.29 is 9.90 Å². The lowest BCUT2D eigenvalue weighted by Crippen LogP contribution is -2.25. The van der Waals surface area contributed by atoms with Gasteiger partial charge in [0.05, 0.1) is 0 Å². The topological polar surface area (TPSA) is 75.3 Å². The van der Waals surface area contributed by atoms with Crippen LogP contribution in [0.1, 0.15) is 45.6 Å². The van der Waals surface area contributed by atoms with Crippen molar-refractivity contribution in [3.63, 3.8) is 0 Å². The molecule has 0 heterocycles. The third-order valence-corrected chi connectivity index (χ3v) is 3.94. The van der Waals surface area contributed by atoms with Crippen LogP contribution in [0.15, 0.2) is 18.2 Å². The highest BCUT2D eigenvalue weighted by Gasteiger charge is 2.24. The fourth-order valence-corrected chi connectivity index (χ4v) is 2.52. The molecule has 0 aromatic heterocycles. The lowest BCUT2D eigenvalue weighted by Gasteiger charge is -2.30. The third-order valence-electron chi connectivity index (χ3n) is 3.94. The van der Waals surface area contributed by atoms with E-state index in [0.717, 1.165) is 24.1 Å². The van der Waals surface area contributed by atoms with Crippen LogP contribution in [0, 0.1) is 18.3 Å². The molecule has 1 amide bonds. The maximum atomic E-state index is 12.1. The summed E-state index contributed by atoms with van der Waals surface area (Å²) >= 11 is 0. The zero-order valence-corrected chi connectivity index (χ0v) is 13.6. The number of aryl methyl sites for hydroxylation is 1. The predicted octanol–water partition coefficient (Wildman–Crippen LogP) is 3.43. The van der Waals surface area contributed by atoms with Gasteiger partial charge in [-0.2, -0.15) is 0 Å². The van der Waals surface area contributed by atoms with Gasteiger partial charge in [0.15, 0.2) is 0 Å². The molecule has 0 radical (unpaired) electrons. The Morgan fingerprint density at radius 2 is 2.00 bits per heavy atom. The zero-order chi connectivity index (χ0) is 16.0. The molecule has 0 aliphatic rings. The first kappa shape index (κ1) is 17.5. The van der Waals surface area contributed by atoms with Crippen LogP contribution in [0.3, 0.4) is 0 Å². The number of anilines is 1. The molecule has 1 rings (SSSR count). The highest BCUT2D eigenvalue weighted by Crippen LogP contribution is 2.32. The Bertz CT molecular complexity index is 478. The average molecular weight is 292 g/mol. The van der Waals surface area contributed by atoms with Gasteiger partial charge in [-0.25, -0.2) is 0 Å². The number of carbonyl (C=O) groups excluding carboxylic acids is 1. The molecule has 1 aromatic rings. The monoisotopic (exact) mass is 292 g/mol.